The molecule has 2 aromatic heterocycles. The van der Waals surface area contributed by atoms with Gasteiger partial charge in [0.25, 0.3) is 0 Å². The Balaban J connectivity index is 1.69. The van der Waals surface area contributed by atoms with Gasteiger partial charge in [-0.1, -0.05) is 26.0 Å². The van der Waals surface area contributed by atoms with Gasteiger partial charge < -0.3 is 4.42 Å². The van der Waals surface area contributed by atoms with Crippen molar-refractivity contribution in [3.8, 4) is 22.9 Å². The van der Waals surface area contributed by atoms with Crippen molar-refractivity contribution >= 4 is 5.78 Å². The van der Waals surface area contributed by atoms with E-state index in [4.69, 9.17) is 4.42 Å². The Labute approximate surface area is 144 Å². The average Bonchev–Trinajstić information content (AvgIpc) is 3.08. The van der Waals surface area contributed by atoms with Gasteiger partial charge >= 0.3 is 0 Å². The summed E-state index contributed by atoms with van der Waals surface area (Å²) in [6.07, 6.45) is 3.08. The highest BCUT2D eigenvalue weighted by atomic mass is 19.1. The maximum Gasteiger partial charge on any atom is 0.245 e. The standard InChI is InChI=1S/C20H17FN2O2/c1-20(2)9-8-15-14(18(20)24)6-7-16(23-15)19-22-11-17(25-19)12-4-3-5-13(21)10-12/h3-7,10-11H,8-9H2,1-2H3. The molecule has 3 aromatic rings. The SMILES string of the molecule is CC1(C)CCc2nc(-c3ncc(-c4cccc(F)c4)o3)ccc2C1=O. The number of Topliss-reactive ketones (excluding diaryl/α,β-unsaturated/α-hetero) is 1. The van der Waals surface area contributed by atoms with Gasteiger partial charge in [-0.25, -0.2) is 14.4 Å². The summed E-state index contributed by atoms with van der Waals surface area (Å²) in [6.45, 7) is 3.93. The van der Waals surface area contributed by atoms with Crippen LogP contribution in [0.3, 0.4) is 0 Å². The lowest BCUT2D eigenvalue weighted by atomic mass is 9.75. The minimum atomic E-state index is -0.344. The van der Waals surface area contributed by atoms with Gasteiger partial charge in [0, 0.05) is 16.5 Å². The second-order valence-electron chi connectivity index (χ2n) is 6.94. The Bertz CT molecular complexity index is 975. The predicted octanol–water partition coefficient (Wildman–Crippen LogP) is 4.70. The van der Waals surface area contributed by atoms with Gasteiger partial charge in [-0.2, -0.15) is 0 Å². The van der Waals surface area contributed by atoms with Crippen LogP contribution in [0.1, 0.15) is 36.3 Å². The van der Waals surface area contributed by atoms with E-state index in [1.54, 1.807) is 30.5 Å². The molecule has 0 fully saturated rings. The van der Waals surface area contributed by atoms with Crippen LogP contribution in [0.5, 0.6) is 0 Å². The van der Waals surface area contributed by atoms with Gasteiger partial charge in [-0.05, 0) is 37.1 Å². The number of nitrogens with zero attached hydrogens (tertiary/aromatic N) is 2. The van der Waals surface area contributed by atoms with Crippen molar-refractivity contribution in [2.75, 3.05) is 0 Å². The third-order valence-corrected chi connectivity index (χ3v) is 4.65. The van der Waals surface area contributed by atoms with Gasteiger partial charge in [-0.3, -0.25) is 4.79 Å². The quantitative estimate of drug-likeness (QED) is 0.681. The van der Waals surface area contributed by atoms with Crippen molar-refractivity contribution < 1.29 is 13.6 Å². The minimum absolute atomic E-state index is 0.126. The minimum Gasteiger partial charge on any atom is -0.435 e. The van der Waals surface area contributed by atoms with Crippen molar-refractivity contribution in [3.05, 3.63) is 59.7 Å². The van der Waals surface area contributed by atoms with E-state index in [1.807, 2.05) is 13.8 Å². The van der Waals surface area contributed by atoms with Crippen LogP contribution in [0.2, 0.25) is 0 Å². The number of hydrogen-bond donors (Lipinski definition) is 0. The number of pyridine rings is 1. The molecule has 5 heteroatoms. The summed E-state index contributed by atoms with van der Waals surface area (Å²) in [5.74, 6) is 0.634. The first-order valence-corrected chi connectivity index (χ1v) is 8.21. The maximum absolute atomic E-state index is 13.4. The Morgan fingerprint density at radius 2 is 2.04 bits per heavy atom. The summed E-state index contributed by atoms with van der Waals surface area (Å²) in [7, 11) is 0. The Morgan fingerprint density at radius 1 is 1.20 bits per heavy atom. The van der Waals surface area contributed by atoms with E-state index in [-0.39, 0.29) is 17.0 Å². The fourth-order valence-corrected chi connectivity index (χ4v) is 3.09. The lowest BCUT2D eigenvalue weighted by molar-refractivity contribution is 0.0809. The molecule has 0 atom stereocenters. The number of carbonyl (C=O) groups excluding carboxylic acids is 1. The van der Waals surface area contributed by atoms with Crippen LogP contribution >= 0.6 is 0 Å². The van der Waals surface area contributed by atoms with Gasteiger partial charge in [0.05, 0.1) is 11.9 Å². The first-order chi connectivity index (χ1) is 11.9. The van der Waals surface area contributed by atoms with Crippen molar-refractivity contribution in [3.63, 3.8) is 0 Å². The molecular formula is C20H17FN2O2. The van der Waals surface area contributed by atoms with Crippen LogP contribution < -0.4 is 0 Å². The summed E-state index contributed by atoms with van der Waals surface area (Å²) < 4.78 is 19.1. The molecule has 0 radical (unpaired) electrons. The molecule has 4 nitrogen and oxygen atoms in total. The molecule has 126 valence electrons. The molecule has 0 spiro atoms. The van der Waals surface area contributed by atoms with Gasteiger partial charge in [0.1, 0.15) is 11.5 Å². The molecule has 1 aliphatic carbocycles. The molecule has 0 saturated heterocycles. The first-order valence-electron chi connectivity index (χ1n) is 8.21. The van der Waals surface area contributed by atoms with Crippen LogP contribution in [0, 0.1) is 11.2 Å². The zero-order chi connectivity index (χ0) is 17.6. The van der Waals surface area contributed by atoms with E-state index < -0.39 is 0 Å². The number of benzene rings is 1. The number of oxazole rings is 1. The Kier molecular flexibility index (Phi) is 3.53. The number of rotatable bonds is 2. The average molecular weight is 336 g/mol. The van der Waals surface area contributed by atoms with Gasteiger partial charge in [-0.15, -0.1) is 0 Å². The lowest BCUT2D eigenvalue weighted by Gasteiger charge is -2.28. The third kappa shape index (κ3) is 2.76. The fraction of sp³-hybridized carbons (Fsp3) is 0.250. The molecular weight excluding hydrogens is 319 g/mol. The van der Waals surface area contributed by atoms with Gasteiger partial charge in [0.15, 0.2) is 11.5 Å². The lowest BCUT2D eigenvalue weighted by Crippen LogP contribution is -2.31. The number of aromatic nitrogens is 2. The molecule has 1 aliphatic rings. The predicted molar refractivity (Wildman–Crippen MR) is 91.6 cm³/mol. The maximum atomic E-state index is 13.4. The molecule has 1 aromatic carbocycles. The van der Waals surface area contributed by atoms with E-state index in [1.165, 1.54) is 12.1 Å². The van der Waals surface area contributed by atoms with Crippen LogP contribution in [0.25, 0.3) is 22.9 Å². The summed E-state index contributed by atoms with van der Waals surface area (Å²) in [5, 5.41) is 0. The van der Waals surface area contributed by atoms with Crippen LogP contribution in [0.15, 0.2) is 47.0 Å². The Morgan fingerprint density at radius 3 is 2.84 bits per heavy atom. The molecule has 4 rings (SSSR count). The Hall–Kier alpha value is -2.82. The third-order valence-electron chi connectivity index (χ3n) is 4.65. The first kappa shape index (κ1) is 15.7. The smallest absolute Gasteiger partial charge is 0.245 e. The second-order valence-corrected chi connectivity index (χ2v) is 6.94. The highest BCUT2D eigenvalue weighted by molar-refractivity contribution is 6.02. The highest BCUT2D eigenvalue weighted by Crippen LogP contribution is 2.35. The van der Waals surface area contributed by atoms with Crippen molar-refractivity contribution in [1.29, 1.82) is 0 Å². The molecule has 0 bridgehead atoms. The summed E-state index contributed by atoms with van der Waals surface area (Å²) in [6, 6.07) is 9.70. The molecule has 0 N–H and O–H groups in total. The number of fused-ring (bicyclic) bond motifs is 1. The summed E-state index contributed by atoms with van der Waals surface area (Å²) in [4.78, 5) is 21.3. The monoisotopic (exact) mass is 336 g/mol. The van der Waals surface area contributed by atoms with E-state index in [9.17, 15) is 9.18 Å². The fourth-order valence-electron chi connectivity index (χ4n) is 3.09. The number of carbonyl (C=O) groups is 1. The molecule has 25 heavy (non-hydrogen) atoms. The van der Waals surface area contributed by atoms with E-state index in [2.05, 4.69) is 9.97 Å². The van der Waals surface area contributed by atoms with Crippen LogP contribution in [-0.2, 0) is 6.42 Å². The number of hydrogen-bond acceptors (Lipinski definition) is 4. The zero-order valence-electron chi connectivity index (χ0n) is 14.0. The van der Waals surface area contributed by atoms with Crippen molar-refractivity contribution in [2.24, 2.45) is 5.41 Å². The normalized spacial score (nSPS) is 15.9. The molecule has 0 saturated carbocycles. The summed E-state index contributed by atoms with van der Waals surface area (Å²) >= 11 is 0. The molecule has 2 heterocycles. The van der Waals surface area contributed by atoms with E-state index in [0.29, 0.717) is 28.5 Å². The zero-order valence-corrected chi connectivity index (χ0v) is 14.0. The number of halogens is 1. The van der Waals surface area contributed by atoms with Crippen molar-refractivity contribution in [2.45, 2.75) is 26.7 Å². The largest absolute Gasteiger partial charge is 0.435 e. The van der Waals surface area contributed by atoms with E-state index >= 15 is 0 Å². The number of ketones is 1. The topological polar surface area (TPSA) is 56.0 Å². The molecule has 0 aliphatic heterocycles. The second kappa shape index (κ2) is 5.62. The molecule has 0 unspecified atom stereocenters. The van der Waals surface area contributed by atoms with E-state index in [0.717, 1.165) is 18.5 Å². The van der Waals surface area contributed by atoms with Gasteiger partial charge in [0.2, 0.25) is 5.89 Å². The van der Waals surface area contributed by atoms with Crippen LogP contribution in [-0.4, -0.2) is 15.8 Å². The summed E-state index contributed by atoms with van der Waals surface area (Å²) in [5.41, 5.74) is 2.32. The molecule has 0 amide bonds. The highest BCUT2D eigenvalue weighted by Gasteiger charge is 2.35. The van der Waals surface area contributed by atoms with Crippen molar-refractivity contribution in [1.82, 2.24) is 9.97 Å². The van der Waals surface area contributed by atoms with Crippen LogP contribution in [0.4, 0.5) is 4.39 Å². The number of aryl methyl sites for hydroxylation is 1.